The van der Waals surface area contributed by atoms with Crippen LogP contribution in [-0.2, 0) is 0 Å². The van der Waals surface area contributed by atoms with Gasteiger partial charge in [-0.25, -0.2) is 8.70 Å². The Hall–Kier alpha value is -1.80. The standard InChI is InChI=1S/C17H22FN3O2S/c1-13(11-19-2)12-20-16-9-5-6-10-17(16)21(24(20,22)23)15-8-4-3-7-14(15)18/h3-10,13,19,22-23H,11-12H2,1-2H3/t13-/m1/s1. The first-order valence-corrected chi connectivity index (χ1v) is 9.27. The van der Waals surface area contributed by atoms with Gasteiger partial charge in [-0.05, 0) is 54.7 Å². The van der Waals surface area contributed by atoms with E-state index in [0.29, 0.717) is 17.9 Å². The van der Waals surface area contributed by atoms with Crippen molar-refractivity contribution in [3.05, 3.63) is 54.3 Å². The van der Waals surface area contributed by atoms with Crippen LogP contribution in [0.25, 0.3) is 0 Å². The smallest absolute Gasteiger partial charge is 0.148 e. The molecule has 0 radical (unpaired) electrons. The molecule has 24 heavy (non-hydrogen) atoms. The van der Waals surface area contributed by atoms with Crippen molar-refractivity contribution < 1.29 is 13.5 Å². The van der Waals surface area contributed by atoms with Crippen molar-refractivity contribution in [2.24, 2.45) is 5.92 Å². The molecule has 0 aromatic heterocycles. The van der Waals surface area contributed by atoms with Gasteiger partial charge in [-0.15, -0.1) is 0 Å². The maximum absolute atomic E-state index is 14.3. The van der Waals surface area contributed by atoms with Gasteiger partial charge in [-0.2, -0.15) is 0 Å². The number of para-hydroxylation sites is 3. The molecule has 1 atom stereocenters. The van der Waals surface area contributed by atoms with Crippen LogP contribution in [0.15, 0.2) is 48.5 Å². The van der Waals surface area contributed by atoms with E-state index in [1.807, 2.05) is 32.2 Å². The molecule has 1 heterocycles. The number of halogens is 1. The molecule has 0 aliphatic carbocycles. The molecular formula is C17H22FN3O2S. The summed E-state index contributed by atoms with van der Waals surface area (Å²) in [6, 6.07) is 13.4. The molecule has 2 aromatic carbocycles. The molecule has 2 aromatic rings. The summed E-state index contributed by atoms with van der Waals surface area (Å²) < 4.78 is 39.1. The fourth-order valence-electron chi connectivity index (χ4n) is 2.98. The largest absolute Gasteiger partial charge is 0.319 e. The highest BCUT2D eigenvalue weighted by Crippen LogP contribution is 2.64. The highest BCUT2D eigenvalue weighted by atomic mass is 32.3. The fraction of sp³-hybridized carbons (Fsp3) is 0.294. The Bertz CT molecular complexity index is 728. The third-order valence-corrected chi connectivity index (χ3v) is 5.83. The Morgan fingerprint density at radius 1 is 1.04 bits per heavy atom. The third-order valence-electron chi connectivity index (χ3n) is 4.01. The molecule has 0 fully saturated rings. The van der Waals surface area contributed by atoms with Gasteiger partial charge in [0.15, 0.2) is 0 Å². The highest BCUT2D eigenvalue weighted by molar-refractivity contribution is 8.27. The Balaban J connectivity index is 2.07. The minimum absolute atomic E-state index is 0.161. The molecule has 0 saturated carbocycles. The van der Waals surface area contributed by atoms with E-state index in [0.717, 1.165) is 6.54 Å². The number of fused-ring (bicyclic) bond motifs is 1. The number of rotatable bonds is 5. The maximum Gasteiger partial charge on any atom is 0.148 e. The van der Waals surface area contributed by atoms with E-state index in [-0.39, 0.29) is 11.6 Å². The average Bonchev–Trinajstić information content (AvgIpc) is 2.76. The molecule has 0 spiro atoms. The van der Waals surface area contributed by atoms with Crippen molar-refractivity contribution in [3.8, 4) is 0 Å². The maximum atomic E-state index is 14.3. The first-order valence-electron chi connectivity index (χ1n) is 7.81. The second kappa shape index (κ2) is 6.60. The molecule has 7 heteroatoms. The Morgan fingerprint density at radius 3 is 2.25 bits per heavy atom. The minimum Gasteiger partial charge on any atom is -0.319 e. The molecule has 5 nitrogen and oxygen atoms in total. The topological polar surface area (TPSA) is 59.0 Å². The summed E-state index contributed by atoms with van der Waals surface area (Å²) in [6.45, 7) is 3.22. The molecule has 0 saturated heterocycles. The lowest BCUT2D eigenvalue weighted by Gasteiger charge is -2.44. The molecule has 3 rings (SSSR count). The van der Waals surface area contributed by atoms with Crippen LogP contribution in [0, 0.1) is 11.7 Å². The SMILES string of the molecule is CNC[C@@H](C)CN1c2ccccc2N(c2ccccc2F)S1(O)O. The number of anilines is 3. The van der Waals surface area contributed by atoms with Gasteiger partial charge in [-0.3, -0.25) is 13.4 Å². The van der Waals surface area contributed by atoms with Crippen molar-refractivity contribution in [2.45, 2.75) is 6.92 Å². The van der Waals surface area contributed by atoms with Crippen LogP contribution in [0.4, 0.5) is 21.5 Å². The zero-order chi connectivity index (χ0) is 17.3. The van der Waals surface area contributed by atoms with Crippen LogP contribution < -0.4 is 13.9 Å². The highest BCUT2D eigenvalue weighted by Gasteiger charge is 2.42. The predicted octanol–water partition coefficient (Wildman–Crippen LogP) is 4.22. The van der Waals surface area contributed by atoms with E-state index in [2.05, 4.69) is 5.32 Å². The zero-order valence-corrected chi connectivity index (χ0v) is 14.5. The first-order chi connectivity index (χ1) is 11.5. The predicted molar refractivity (Wildman–Crippen MR) is 98.3 cm³/mol. The van der Waals surface area contributed by atoms with Gasteiger partial charge < -0.3 is 5.32 Å². The van der Waals surface area contributed by atoms with E-state index >= 15 is 0 Å². The van der Waals surface area contributed by atoms with Crippen LogP contribution in [-0.4, -0.2) is 29.2 Å². The number of nitrogens with zero attached hydrogens (tertiary/aromatic N) is 2. The van der Waals surface area contributed by atoms with Crippen LogP contribution >= 0.6 is 11.0 Å². The van der Waals surface area contributed by atoms with Gasteiger partial charge in [0.05, 0.1) is 11.4 Å². The van der Waals surface area contributed by atoms with Gasteiger partial charge >= 0.3 is 0 Å². The zero-order valence-electron chi connectivity index (χ0n) is 13.7. The van der Waals surface area contributed by atoms with Crippen molar-refractivity contribution in [2.75, 3.05) is 28.7 Å². The van der Waals surface area contributed by atoms with E-state index < -0.39 is 16.8 Å². The summed E-state index contributed by atoms with van der Waals surface area (Å²) in [5.74, 6) is -0.299. The van der Waals surface area contributed by atoms with Gasteiger partial charge in [-0.1, -0.05) is 31.2 Å². The average molecular weight is 351 g/mol. The summed E-state index contributed by atoms with van der Waals surface area (Å²) >= 11 is 0. The summed E-state index contributed by atoms with van der Waals surface area (Å²) in [5.41, 5.74) is 1.46. The van der Waals surface area contributed by atoms with E-state index in [1.165, 1.54) is 10.4 Å². The lowest BCUT2D eigenvalue weighted by molar-refractivity contribution is 0.471. The Labute approximate surface area is 143 Å². The molecule has 0 unspecified atom stereocenters. The van der Waals surface area contributed by atoms with Crippen LogP contribution in [0.5, 0.6) is 0 Å². The molecule has 1 aliphatic heterocycles. The van der Waals surface area contributed by atoms with Gasteiger partial charge in [0.1, 0.15) is 11.5 Å². The summed E-state index contributed by atoms with van der Waals surface area (Å²) in [7, 11) is -1.52. The summed E-state index contributed by atoms with van der Waals surface area (Å²) in [5, 5.41) is 3.09. The lowest BCUT2D eigenvalue weighted by Crippen LogP contribution is -2.36. The summed E-state index contributed by atoms with van der Waals surface area (Å²) in [4.78, 5) is 0. The number of nitrogens with one attached hydrogen (secondary N) is 1. The Morgan fingerprint density at radius 2 is 1.62 bits per heavy atom. The van der Waals surface area contributed by atoms with E-state index in [1.54, 1.807) is 28.6 Å². The van der Waals surface area contributed by atoms with Crippen molar-refractivity contribution >= 4 is 28.0 Å². The molecule has 0 bridgehead atoms. The molecule has 1 aliphatic rings. The summed E-state index contributed by atoms with van der Waals surface area (Å²) in [6.07, 6.45) is 0. The van der Waals surface area contributed by atoms with Crippen LogP contribution in [0.3, 0.4) is 0 Å². The minimum atomic E-state index is -3.38. The molecular weight excluding hydrogens is 329 g/mol. The molecule has 3 N–H and O–H groups in total. The van der Waals surface area contributed by atoms with Crippen molar-refractivity contribution in [1.82, 2.24) is 5.32 Å². The van der Waals surface area contributed by atoms with E-state index in [9.17, 15) is 13.5 Å². The van der Waals surface area contributed by atoms with E-state index in [4.69, 9.17) is 0 Å². The number of benzene rings is 2. The first kappa shape index (κ1) is 17.0. The monoisotopic (exact) mass is 351 g/mol. The third kappa shape index (κ3) is 2.84. The molecule has 0 amide bonds. The fourth-order valence-corrected chi connectivity index (χ4v) is 4.88. The van der Waals surface area contributed by atoms with Crippen molar-refractivity contribution in [1.29, 1.82) is 0 Å². The normalized spacial score (nSPS) is 18.4. The van der Waals surface area contributed by atoms with Gasteiger partial charge in [0.25, 0.3) is 0 Å². The molecule has 130 valence electrons. The van der Waals surface area contributed by atoms with Gasteiger partial charge in [0, 0.05) is 6.54 Å². The quantitative estimate of drug-likeness (QED) is 0.753. The second-order valence-electron chi connectivity index (χ2n) is 5.95. The van der Waals surface area contributed by atoms with Crippen LogP contribution in [0.2, 0.25) is 0 Å². The number of hydrogen-bond acceptors (Lipinski definition) is 5. The second-order valence-corrected chi connectivity index (χ2v) is 7.73. The lowest BCUT2D eigenvalue weighted by atomic mass is 10.1. The van der Waals surface area contributed by atoms with Crippen LogP contribution in [0.1, 0.15) is 6.92 Å². The Kier molecular flexibility index (Phi) is 4.69. The van der Waals surface area contributed by atoms with Crippen molar-refractivity contribution in [3.63, 3.8) is 0 Å². The number of hydrogen-bond donors (Lipinski definition) is 3. The van der Waals surface area contributed by atoms with Gasteiger partial charge in [0.2, 0.25) is 0 Å².